The minimum absolute atomic E-state index is 0.680. The summed E-state index contributed by atoms with van der Waals surface area (Å²) in [5.41, 5.74) is 7.60. The summed E-state index contributed by atoms with van der Waals surface area (Å²) in [5.74, 6) is 2.48. The van der Waals surface area contributed by atoms with Crippen LogP contribution in [0.4, 0.5) is 0 Å². The lowest BCUT2D eigenvalue weighted by atomic mass is 9.63. The molecule has 2 bridgehead atoms. The quantitative estimate of drug-likeness (QED) is 0.450. The van der Waals surface area contributed by atoms with Gasteiger partial charge in [-0.1, -0.05) is 42.7 Å². The molecule has 6 rings (SSSR count). The molecular formula is C27H32N+. The largest absolute Gasteiger partial charge is 0.220 e. The topological polar surface area (TPSA) is 3.88 Å². The molecule has 0 radical (unpaired) electrons. The smallest absolute Gasteiger partial charge is 0.198 e. The minimum Gasteiger partial charge on any atom is -0.198 e. The molecule has 0 saturated heterocycles. The van der Waals surface area contributed by atoms with Crippen molar-refractivity contribution in [2.75, 3.05) is 0 Å². The van der Waals surface area contributed by atoms with Gasteiger partial charge in [-0.05, 0) is 79.5 Å². The molecule has 0 aliphatic heterocycles. The van der Waals surface area contributed by atoms with E-state index in [4.69, 9.17) is 1.37 Å². The average Bonchev–Trinajstić information content (AvgIpc) is 2.75. The summed E-state index contributed by atoms with van der Waals surface area (Å²) < 4.78 is 11.1. The third-order valence-corrected chi connectivity index (χ3v) is 7.58. The SMILES string of the molecule is [2H]c1c(C)[n+](C)c(-c2cc(C)ccc2C)c2ccc(C3CC4CCC3CC4)cc12. The first-order valence-electron chi connectivity index (χ1n) is 11.4. The van der Waals surface area contributed by atoms with E-state index in [9.17, 15) is 0 Å². The van der Waals surface area contributed by atoms with Gasteiger partial charge in [0.2, 0.25) is 5.69 Å². The molecular weight excluding hydrogens is 338 g/mol. The average molecular weight is 372 g/mol. The van der Waals surface area contributed by atoms with Gasteiger partial charge in [0.1, 0.15) is 7.05 Å². The van der Waals surface area contributed by atoms with E-state index < -0.39 is 0 Å². The molecule has 1 heterocycles. The Morgan fingerprint density at radius 3 is 2.46 bits per heavy atom. The lowest BCUT2D eigenvalue weighted by Crippen LogP contribution is -2.35. The number of benzene rings is 2. The van der Waals surface area contributed by atoms with Crippen molar-refractivity contribution in [2.24, 2.45) is 18.9 Å². The predicted molar refractivity (Wildman–Crippen MR) is 118 cm³/mol. The molecule has 3 aliphatic rings. The maximum Gasteiger partial charge on any atom is 0.220 e. The van der Waals surface area contributed by atoms with Crippen LogP contribution in [0, 0.1) is 32.6 Å². The number of hydrogen-bond acceptors (Lipinski definition) is 0. The fourth-order valence-corrected chi connectivity index (χ4v) is 5.83. The Morgan fingerprint density at radius 2 is 1.75 bits per heavy atom. The molecule has 3 fully saturated rings. The molecule has 3 aromatic rings. The summed E-state index contributed by atoms with van der Waals surface area (Å²) in [6.07, 6.45) is 7.02. The molecule has 1 nitrogen and oxygen atoms in total. The van der Waals surface area contributed by atoms with Crippen LogP contribution < -0.4 is 4.57 Å². The molecule has 2 aromatic carbocycles. The van der Waals surface area contributed by atoms with Gasteiger partial charge in [0, 0.05) is 18.5 Å². The van der Waals surface area contributed by atoms with Crippen LogP contribution in [0.25, 0.3) is 22.0 Å². The van der Waals surface area contributed by atoms with Crippen molar-refractivity contribution in [3.63, 3.8) is 0 Å². The Morgan fingerprint density at radius 1 is 0.964 bits per heavy atom. The Bertz CT molecular complexity index is 1110. The number of rotatable bonds is 2. The zero-order chi connectivity index (χ0) is 20.3. The fourth-order valence-electron chi connectivity index (χ4n) is 5.83. The van der Waals surface area contributed by atoms with Crippen LogP contribution in [0.15, 0.2) is 42.4 Å². The van der Waals surface area contributed by atoms with Crippen LogP contribution >= 0.6 is 0 Å². The molecule has 1 aromatic heterocycles. The number of aromatic nitrogens is 1. The Hall–Kier alpha value is -2.15. The van der Waals surface area contributed by atoms with Crippen molar-refractivity contribution in [2.45, 2.75) is 58.8 Å². The predicted octanol–water partition coefficient (Wildman–Crippen LogP) is 6.55. The van der Waals surface area contributed by atoms with Crippen LogP contribution in [-0.2, 0) is 7.05 Å². The second-order valence-electron chi connectivity index (χ2n) is 9.36. The first kappa shape index (κ1) is 16.8. The highest BCUT2D eigenvalue weighted by atomic mass is 14.9. The lowest BCUT2D eigenvalue weighted by Gasteiger charge is -2.42. The molecule has 1 atom stereocenters. The molecule has 0 amide bonds. The fraction of sp³-hybridized carbons (Fsp3) is 0.444. The highest BCUT2D eigenvalue weighted by Crippen LogP contribution is 2.50. The van der Waals surface area contributed by atoms with Gasteiger partial charge >= 0.3 is 0 Å². The summed E-state index contributed by atoms with van der Waals surface area (Å²) in [6, 6.07) is 14.4. The van der Waals surface area contributed by atoms with E-state index in [-0.39, 0.29) is 0 Å². The molecule has 1 heteroatoms. The van der Waals surface area contributed by atoms with Crippen molar-refractivity contribution in [3.8, 4) is 11.3 Å². The highest BCUT2D eigenvalue weighted by Gasteiger charge is 2.36. The van der Waals surface area contributed by atoms with Crippen molar-refractivity contribution >= 4 is 10.8 Å². The summed E-state index contributed by atoms with van der Waals surface area (Å²) >= 11 is 0. The van der Waals surface area contributed by atoms with Crippen LogP contribution in [0.5, 0.6) is 0 Å². The monoisotopic (exact) mass is 371 g/mol. The van der Waals surface area contributed by atoms with Gasteiger partial charge in [-0.15, -0.1) is 0 Å². The molecule has 0 spiro atoms. The van der Waals surface area contributed by atoms with Gasteiger partial charge in [0.15, 0.2) is 5.69 Å². The van der Waals surface area contributed by atoms with Gasteiger partial charge < -0.3 is 0 Å². The summed E-state index contributed by atoms with van der Waals surface area (Å²) in [7, 11) is 2.11. The molecule has 28 heavy (non-hydrogen) atoms. The van der Waals surface area contributed by atoms with Gasteiger partial charge in [0.25, 0.3) is 0 Å². The molecule has 0 N–H and O–H groups in total. The number of fused-ring (bicyclic) bond motifs is 4. The van der Waals surface area contributed by atoms with E-state index in [0.29, 0.717) is 12.0 Å². The van der Waals surface area contributed by atoms with E-state index in [1.54, 1.807) is 0 Å². The summed E-state index contributed by atoms with van der Waals surface area (Å²) in [4.78, 5) is 0. The van der Waals surface area contributed by atoms with Crippen LogP contribution in [-0.4, -0.2) is 0 Å². The molecule has 3 aliphatic carbocycles. The van der Waals surface area contributed by atoms with Gasteiger partial charge in [-0.3, -0.25) is 0 Å². The summed E-state index contributed by atoms with van der Waals surface area (Å²) in [6.45, 7) is 6.44. The van der Waals surface area contributed by atoms with Crippen LogP contribution in [0.1, 0.15) is 61.8 Å². The minimum atomic E-state index is 0.680. The van der Waals surface area contributed by atoms with E-state index in [1.165, 1.54) is 65.4 Å². The molecule has 3 saturated carbocycles. The van der Waals surface area contributed by atoms with Crippen molar-refractivity contribution in [3.05, 3.63) is 64.8 Å². The second kappa shape index (κ2) is 6.72. The van der Waals surface area contributed by atoms with Crippen molar-refractivity contribution in [1.82, 2.24) is 0 Å². The third kappa shape index (κ3) is 2.87. The van der Waals surface area contributed by atoms with E-state index in [1.807, 2.05) is 0 Å². The number of nitrogens with zero attached hydrogens (tertiary/aromatic N) is 1. The first-order valence-corrected chi connectivity index (χ1v) is 10.9. The maximum absolute atomic E-state index is 8.88. The first-order chi connectivity index (χ1) is 13.9. The van der Waals surface area contributed by atoms with E-state index >= 15 is 0 Å². The number of pyridine rings is 1. The van der Waals surface area contributed by atoms with Crippen molar-refractivity contribution < 1.29 is 5.94 Å². The summed E-state index contributed by atoms with van der Waals surface area (Å²) in [5, 5.41) is 2.33. The van der Waals surface area contributed by atoms with Crippen LogP contribution in [0.2, 0.25) is 0 Å². The van der Waals surface area contributed by atoms with Crippen LogP contribution in [0.3, 0.4) is 0 Å². The zero-order valence-corrected chi connectivity index (χ0v) is 17.7. The van der Waals surface area contributed by atoms with Gasteiger partial charge in [-0.25, -0.2) is 0 Å². The third-order valence-electron chi connectivity index (χ3n) is 7.58. The molecule has 144 valence electrons. The standard InChI is InChI=1S/C27H32N/c1-17-5-6-18(2)25(13-17)27-24-12-11-22(16-23(24)14-19(3)28(27)4)26-15-20-7-9-21(26)10-8-20/h5-6,11-14,16,20-21,26H,7-10,15H2,1-4H3/q+1/i14D. The Labute approximate surface area is 170 Å². The highest BCUT2D eigenvalue weighted by molar-refractivity contribution is 5.94. The van der Waals surface area contributed by atoms with Crippen molar-refractivity contribution in [1.29, 1.82) is 0 Å². The number of hydrogen-bond donors (Lipinski definition) is 0. The van der Waals surface area contributed by atoms with Gasteiger partial charge in [0.05, 0.1) is 6.76 Å². The Balaban J connectivity index is 1.72. The van der Waals surface area contributed by atoms with E-state index in [2.05, 4.69) is 68.8 Å². The number of aryl methyl sites for hydroxylation is 2. The van der Waals surface area contributed by atoms with Gasteiger partial charge in [-0.2, -0.15) is 4.57 Å². The maximum atomic E-state index is 8.88. The Kier molecular flexibility index (Phi) is 4.03. The zero-order valence-electron chi connectivity index (χ0n) is 18.7. The van der Waals surface area contributed by atoms with E-state index in [0.717, 1.165) is 22.9 Å². The normalized spacial score (nSPS) is 24.6. The second-order valence-corrected chi connectivity index (χ2v) is 9.36. The molecule has 1 unspecified atom stereocenters. The lowest BCUT2D eigenvalue weighted by molar-refractivity contribution is -0.665.